The molecule has 0 aromatic heterocycles. The first kappa shape index (κ1) is 14.3. The summed E-state index contributed by atoms with van der Waals surface area (Å²) in [5.74, 6) is 1.73. The standard InChI is InChI=1S/C13H20BrNO2/c1-9(15(2)3)6-10-7-13(17-5)11(14)8-12(10)16-4/h7-9H,6H2,1-5H3/t9-/m1/s1. The van der Waals surface area contributed by atoms with E-state index in [2.05, 4.69) is 41.8 Å². The highest BCUT2D eigenvalue weighted by molar-refractivity contribution is 9.10. The highest BCUT2D eigenvalue weighted by Gasteiger charge is 2.13. The van der Waals surface area contributed by atoms with E-state index in [4.69, 9.17) is 9.47 Å². The Morgan fingerprint density at radius 2 is 1.76 bits per heavy atom. The smallest absolute Gasteiger partial charge is 0.133 e. The molecular formula is C13H20BrNO2. The van der Waals surface area contributed by atoms with E-state index >= 15 is 0 Å². The molecule has 96 valence electrons. The Labute approximate surface area is 112 Å². The number of nitrogens with zero attached hydrogens (tertiary/aromatic N) is 1. The van der Waals surface area contributed by atoms with Crippen molar-refractivity contribution in [2.45, 2.75) is 19.4 Å². The highest BCUT2D eigenvalue weighted by atomic mass is 79.9. The predicted molar refractivity (Wildman–Crippen MR) is 74.1 cm³/mol. The fourth-order valence-electron chi connectivity index (χ4n) is 1.58. The molecule has 1 rings (SSSR count). The Morgan fingerprint density at radius 3 is 2.24 bits per heavy atom. The van der Waals surface area contributed by atoms with E-state index in [1.807, 2.05) is 12.1 Å². The highest BCUT2D eigenvalue weighted by Crippen LogP contribution is 2.33. The van der Waals surface area contributed by atoms with Crippen LogP contribution in [-0.4, -0.2) is 39.3 Å². The van der Waals surface area contributed by atoms with Crippen LogP contribution in [0, 0.1) is 0 Å². The molecule has 0 fully saturated rings. The number of likely N-dealkylation sites (N-methyl/N-ethyl adjacent to an activating group) is 1. The molecule has 0 bridgehead atoms. The minimum Gasteiger partial charge on any atom is -0.496 e. The SMILES string of the molecule is COc1cc(C[C@@H](C)N(C)C)c(OC)cc1Br. The van der Waals surface area contributed by atoms with Crippen molar-refractivity contribution in [1.29, 1.82) is 0 Å². The summed E-state index contributed by atoms with van der Waals surface area (Å²) in [5.41, 5.74) is 1.16. The van der Waals surface area contributed by atoms with Crippen molar-refractivity contribution >= 4 is 15.9 Å². The molecule has 1 aromatic rings. The monoisotopic (exact) mass is 301 g/mol. The third kappa shape index (κ3) is 3.61. The number of hydrogen-bond donors (Lipinski definition) is 0. The molecule has 0 saturated heterocycles. The van der Waals surface area contributed by atoms with Crippen molar-refractivity contribution < 1.29 is 9.47 Å². The Balaban J connectivity index is 3.04. The van der Waals surface area contributed by atoms with Gasteiger partial charge in [0.05, 0.1) is 18.7 Å². The molecule has 0 amide bonds. The van der Waals surface area contributed by atoms with E-state index in [9.17, 15) is 0 Å². The first-order valence-electron chi connectivity index (χ1n) is 5.56. The van der Waals surface area contributed by atoms with Crippen molar-refractivity contribution in [3.05, 3.63) is 22.2 Å². The second kappa shape index (κ2) is 6.26. The van der Waals surface area contributed by atoms with Crippen LogP contribution in [-0.2, 0) is 6.42 Å². The average Bonchev–Trinajstić information content (AvgIpc) is 2.30. The summed E-state index contributed by atoms with van der Waals surface area (Å²) < 4.78 is 11.6. The van der Waals surface area contributed by atoms with Gasteiger partial charge in [-0.05, 0) is 61.1 Å². The van der Waals surface area contributed by atoms with Crippen molar-refractivity contribution in [3.63, 3.8) is 0 Å². The molecule has 0 aliphatic heterocycles. The van der Waals surface area contributed by atoms with Gasteiger partial charge in [-0.3, -0.25) is 0 Å². The zero-order chi connectivity index (χ0) is 13.0. The summed E-state index contributed by atoms with van der Waals surface area (Å²) in [5, 5.41) is 0. The molecule has 0 radical (unpaired) electrons. The van der Waals surface area contributed by atoms with Gasteiger partial charge in [0.25, 0.3) is 0 Å². The normalized spacial score (nSPS) is 12.6. The number of benzene rings is 1. The topological polar surface area (TPSA) is 21.7 Å². The van der Waals surface area contributed by atoms with Gasteiger partial charge in [0, 0.05) is 6.04 Å². The summed E-state index contributed by atoms with van der Waals surface area (Å²) in [7, 11) is 7.52. The summed E-state index contributed by atoms with van der Waals surface area (Å²) in [6.07, 6.45) is 0.930. The zero-order valence-corrected chi connectivity index (χ0v) is 12.7. The number of hydrogen-bond acceptors (Lipinski definition) is 3. The lowest BCUT2D eigenvalue weighted by Crippen LogP contribution is -2.26. The third-order valence-corrected chi connectivity index (χ3v) is 3.57. The van der Waals surface area contributed by atoms with Gasteiger partial charge in [-0.25, -0.2) is 0 Å². The third-order valence-electron chi connectivity index (χ3n) is 2.95. The Morgan fingerprint density at radius 1 is 1.18 bits per heavy atom. The molecule has 0 N–H and O–H groups in total. The van der Waals surface area contributed by atoms with Gasteiger partial charge in [-0.2, -0.15) is 0 Å². The van der Waals surface area contributed by atoms with E-state index in [1.165, 1.54) is 0 Å². The second-order valence-corrected chi connectivity index (χ2v) is 5.17. The van der Waals surface area contributed by atoms with E-state index in [-0.39, 0.29) is 0 Å². The van der Waals surface area contributed by atoms with Crippen molar-refractivity contribution in [1.82, 2.24) is 4.90 Å². The van der Waals surface area contributed by atoms with Gasteiger partial charge in [0.2, 0.25) is 0 Å². The molecule has 0 spiro atoms. The zero-order valence-electron chi connectivity index (χ0n) is 11.1. The van der Waals surface area contributed by atoms with Gasteiger partial charge < -0.3 is 14.4 Å². The molecule has 3 nitrogen and oxygen atoms in total. The molecule has 1 atom stereocenters. The Kier molecular flexibility index (Phi) is 5.28. The number of ether oxygens (including phenoxy) is 2. The van der Waals surface area contributed by atoms with E-state index in [0.29, 0.717) is 6.04 Å². The fourth-order valence-corrected chi connectivity index (χ4v) is 2.07. The van der Waals surface area contributed by atoms with Crippen LogP contribution < -0.4 is 9.47 Å². The van der Waals surface area contributed by atoms with E-state index in [1.54, 1.807) is 14.2 Å². The maximum Gasteiger partial charge on any atom is 0.133 e. The molecule has 0 heterocycles. The molecular weight excluding hydrogens is 282 g/mol. The first-order valence-corrected chi connectivity index (χ1v) is 6.35. The maximum atomic E-state index is 5.40. The maximum absolute atomic E-state index is 5.40. The van der Waals surface area contributed by atoms with Crippen LogP contribution in [0.2, 0.25) is 0 Å². The molecule has 0 aliphatic carbocycles. The minimum absolute atomic E-state index is 0.454. The summed E-state index contributed by atoms with van der Waals surface area (Å²) in [6, 6.07) is 4.44. The van der Waals surface area contributed by atoms with Crippen molar-refractivity contribution in [2.75, 3.05) is 28.3 Å². The molecule has 0 unspecified atom stereocenters. The van der Waals surface area contributed by atoms with Crippen LogP contribution in [0.4, 0.5) is 0 Å². The van der Waals surface area contributed by atoms with Gasteiger partial charge in [-0.1, -0.05) is 0 Å². The van der Waals surface area contributed by atoms with Crippen molar-refractivity contribution in [2.24, 2.45) is 0 Å². The molecule has 0 saturated carbocycles. The molecule has 0 aliphatic rings. The number of methoxy groups -OCH3 is 2. The molecule has 1 aromatic carbocycles. The largest absolute Gasteiger partial charge is 0.496 e. The summed E-state index contributed by atoms with van der Waals surface area (Å²) in [4.78, 5) is 2.19. The van der Waals surface area contributed by atoms with Gasteiger partial charge in [0.1, 0.15) is 11.5 Å². The Hall–Kier alpha value is -0.740. The van der Waals surface area contributed by atoms with Crippen LogP contribution >= 0.6 is 15.9 Å². The van der Waals surface area contributed by atoms with Gasteiger partial charge in [-0.15, -0.1) is 0 Å². The molecule has 17 heavy (non-hydrogen) atoms. The predicted octanol–water partition coefficient (Wildman–Crippen LogP) is 2.96. The van der Waals surface area contributed by atoms with Gasteiger partial charge >= 0.3 is 0 Å². The van der Waals surface area contributed by atoms with Crippen LogP contribution in [0.25, 0.3) is 0 Å². The minimum atomic E-state index is 0.454. The molecule has 4 heteroatoms. The summed E-state index contributed by atoms with van der Waals surface area (Å²) >= 11 is 3.46. The Bertz CT molecular complexity index is 380. The first-order chi connectivity index (χ1) is 7.99. The lowest BCUT2D eigenvalue weighted by molar-refractivity contribution is 0.308. The summed E-state index contributed by atoms with van der Waals surface area (Å²) in [6.45, 7) is 2.19. The van der Waals surface area contributed by atoms with Crippen LogP contribution in [0.1, 0.15) is 12.5 Å². The quantitative estimate of drug-likeness (QED) is 0.834. The number of rotatable bonds is 5. The van der Waals surface area contributed by atoms with Crippen LogP contribution in [0.5, 0.6) is 11.5 Å². The average molecular weight is 302 g/mol. The lowest BCUT2D eigenvalue weighted by Gasteiger charge is -2.21. The van der Waals surface area contributed by atoms with Crippen LogP contribution in [0.3, 0.4) is 0 Å². The van der Waals surface area contributed by atoms with Crippen LogP contribution in [0.15, 0.2) is 16.6 Å². The number of halogens is 1. The van der Waals surface area contributed by atoms with Crippen molar-refractivity contribution in [3.8, 4) is 11.5 Å². The lowest BCUT2D eigenvalue weighted by atomic mass is 10.0. The van der Waals surface area contributed by atoms with E-state index < -0.39 is 0 Å². The van der Waals surface area contributed by atoms with Gasteiger partial charge in [0.15, 0.2) is 0 Å². The second-order valence-electron chi connectivity index (χ2n) is 4.32. The fraction of sp³-hybridized carbons (Fsp3) is 0.538. The van der Waals surface area contributed by atoms with E-state index in [0.717, 1.165) is 28.0 Å².